The van der Waals surface area contributed by atoms with Crippen molar-refractivity contribution in [1.29, 1.82) is 0 Å². The van der Waals surface area contributed by atoms with E-state index in [4.69, 9.17) is 9.47 Å². The van der Waals surface area contributed by atoms with Gasteiger partial charge in [0.15, 0.2) is 0 Å². The van der Waals surface area contributed by atoms with Gasteiger partial charge in [-0.2, -0.15) is 0 Å². The molecule has 0 aliphatic heterocycles. The van der Waals surface area contributed by atoms with Crippen molar-refractivity contribution in [2.24, 2.45) is 11.8 Å². The Bertz CT molecular complexity index is 733. The zero-order chi connectivity index (χ0) is 17.7. The molecule has 0 saturated heterocycles. The van der Waals surface area contributed by atoms with E-state index in [0.717, 1.165) is 35.1 Å². The van der Waals surface area contributed by atoms with Crippen LogP contribution in [-0.4, -0.2) is 5.97 Å². The number of allylic oxidation sites excluding steroid dienone is 1. The van der Waals surface area contributed by atoms with Crippen LogP contribution in [0.1, 0.15) is 40.5 Å². The molecule has 0 aromatic heterocycles. The molecule has 2 atom stereocenters. The van der Waals surface area contributed by atoms with E-state index in [0.29, 0.717) is 11.7 Å². The molecule has 0 heterocycles. The van der Waals surface area contributed by atoms with E-state index in [1.54, 1.807) is 0 Å². The first-order valence-electron chi connectivity index (χ1n) is 8.57. The fourth-order valence-corrected chi connectivity index (χ4v) is 2.24. The molecule has 0 bridgehead atoms. The maximum absolute atomic E-state index is 12.0. The standard InChI is InChI=1S/C21H26O3/c1-6-14(3)16(5)23-18-11-12-19-17(13-18)9-8-10-20(19)24-21(22)15(4)7-2/h8-15H,5-7H2,1-4H3. The Labute approximate surface area is 144 Å². The van der Waals surface area contributed by atoms with Gasteiger partial charge in [0, 0.05) is 11.3 Å². The van der Waals surface area contributed by atoms with Gasteiger partial charge in [0.2, 0.25) is 0 Å². The Hall–Kier alpha value is -2.29. The molecule has 3 heteroatoms. The van der Waals surface area contributed by atoms with E-state index < -0.39 is 0 Å². The normalized spacial score (nSPS) is 13.3. The Morgan fingerprint density at radius 1 is 1.04 bits per heavy atom. The van der Waals surface area contributed by atoms with Crippen molar-refractivity contribution in [3.8, 4) is 11.5 Å². The lowest BCUT2D eigenvalue weighted by Crippen LogP contribution is -2.17. The minimum absolute atomic E-state index is 0.110. The third kappa shape index (κ3) is 4.16. The quantitative estimate of drug-likeness (QED) is 0.370. The van der Waals surface area contributed by atoms with Crippen molar-refractivity contribution in [2.75, 3.05) is 0 Å². The second-order valence-corrected chi connectivity index (χ2v) is 6.25. The monoisotopic (exact) mass is 326 g/mol. The van der Waals surface area contributed by atoms with Crippen LogP contribution in [0.3, 0.4) is 0 Å². The molecule has 0 fully saturated rings. The van der Waals surface area contributed by atoms with E-state index in [9.17, 15) is 4.79 Å². The highest BCUT2D eigenvalue weighted by atomic mass is 16.5. The lowest BCUT2D eigenvalue weighted by Gasteiger charge is -2.15. The van der Waals surface area contributed by atoms with Crippen LogP contribution in [0.25, 0.3) is 10.8 Å². The van der Waals surface area contributed by atoms with Gasteiger partial charge in [0.05, 0.1) is 11.7 Å². The number of carbonyl (C=O) groups excluding carboxylic acids is 1. The Balaban J connectivity index is 2.25. The summed E-state index contributed by atoms with van der Waals surface area (Å²) in [7, 11) is 0. The zero-order valence-corrected chi connectivity index (χ0v) is 15.0. The summed E-state index contributed by atoms with van der Waals surface area (Å²) in [6.07, 6.45) is 1.75. The van der Waals surface area contributed by atoms with Crippen LogP contribution in [-0.2, 0) is 4.79 Å². The van der Waals surface area contributed by atoms with Crippen molar-refractivity contribution in [3.63, 3.8) is 0 Å². The number of rotatable bonds is 7. The number of ether oxygens (including phenoxy) is 2. The number of hydrogen-bond donors (Lipinski definition) is 0. The summed E-state index contributed by atoms with van der Waals surface area (Å²) in [4.78, 5) is 12.0. The number of carbonyl (C=O) groups is 1. The first-order valence-corrected chi connectivity index (χ1v) is 8.57. The van der Waals surface area contributed by atoms with Crippen molar-refractivity contribution < 1.29 is 14.3 Å². The minimum atomic E-state index is -0.199. The molecule has 0 aliphatic carbocycles. The van der Waals surface area contributed by atoms with Gasteiger partial charge in [-0.05, 0) is 42.5 Å². The van der Waals surface area contributed by atoms with Crippen LogP contribution >= 0.6 is 0 Å². The lowest BCUT2D eigenvalue weighted by molar-refractivity contribution is -0.138. The highest BCUT2D eigenvalue weighted by Gasteiger charge is 2.15. The fraction of sp³-hybridized carbons (Fsp3) is 0.381. The maximum Gasteiger partial charge on any atom is 0.314 e. The number of esters is 1. The van der Waals surface area contributed by atoms with Gasteiger partial charge in [-0.15, -0.1) is 0 Å². The smallest absolute Gasteiger partial charge is 0.314 e. The van der Waals surface area contributed by atoms with E-state index in [2.05, 4.69) is 20.4 Å². The molecule has 0 amide bonds. The fourth-order valence-electron chi connectivity index (χ4n) is 2.24. The van der Waals surface area contributed by atoms with Crippen LogP contribution in [0.4, 0.5) is 0 Å². The molecule has 2 aromatic carbocycles. The highest BCUT2D eigenvalue weighted by Crippen LogP contribution is 2.30. The molecule has 2 aromatic rings. The van der Waals surface area contributed by atoms with Crippen LogP contribution in [0.2, 0.25) is 0 Å². The summed E-state index contributed by atoms with van der Waals surface area (Å²) in [6.45, 7) is 12.0. The Morgan fingerprint density at radius 3 is 2.42 bits per heavy atom. The molecule has 128 valence electrons. The predicted molar refractivity (Wildman–Crippen MR) is 98.3 cm³/mol. The minimum Gasteiger partial charge on any atom is -0.462 e. The van der Waals surface area contributed by atoms with Crippen molar-refractivity contribution >= 4 is 16.7 Å². The first kappa shape index (κ1) is 18.1. The van der Waals surface area contributed by atoms with Gasteiger partial charge in [-0.25, -0.2) is 0 Å². The highest BCUT2D eigenvalue weighted by molar-refractivity contribution is 5.91. The number of benzene rings is 2. The lowest BCUT2D eigenvalue weighted by atomic mass is 10.1. The van der Waals surface area contributed by atoms with Gasteiger partial charge >= 0.3 is 5.97 Å². The molecular formula is C21H26O3. The molecule has 2 rings (SSSR count). The Kier molecular flexibility index (Phi) is 6.02. The molecular weight excluding hydrogens is 300 g/mol. The average molecular weight is 326 g/mol. The number of fused-ring (bicyclic) bond motifs is 1. The molecule has 2 unspecified atom stereocenters. The summed E-state index contributed by atoms with van der Waals surface area (Å²) >= 11 is 0. The second kappa shape index (κ2) is 8.00. The van der Waals surface area contributed by atoms with Crippen LogP contribution in [0, 0.1) is 11.8 Å². The summed E-state index contributed by atoms with van der Waals surface area (Å²) < 4.78 is 11.4. The van der Waals surface area contributed by atoms with Crippen molar-refractivity contribution in [3.05, 3.63) is 48.7 Å². The van der Waals surface area contributed by atoms with Crippen LogP contribution in [0.15, 0.2) is 48.7 Å². The summed E-state index contributed by atoms with van der Waals surface area (Å²) in [6, 6.07) is 11.4. The van der Waals surface area contributed by atoms with Crippen molar-refractivity contribution in [2.45, 2.75) is 40.5 Å². The molecule has 0 N–H and O–H groups in total. The van der Waals surface area contributed by atoms with Gasteiger partial charge in [-0.3, -0.25) is 4.79 Å². The maximum atomic E-state index is 12.0. The van der Waals surface area contributed by atoms with E-state index >= 15 is 0 Å². The van der Waals surface area contributed by atoms with E-state index in [-0.39, 0.29) is 11.9 Å². The topological polar surface area (TPSA) is 35.5 Å². The largest absolute Gasteiger partial charge is 0.462 e. The Morgan fingerprint density at radius 2 is 1.75 bits per heavy atom. The molecule has 24 heavy (non-hydrogen) atoms. The number of hydrogen-bond acceptors (Lipinski definition) is 3. The van der Waals surface area contributed by atoms with Crippen LogP contribution in [0.5, 0.6) is 11.5 Å². The summed E-state index contributed by atoms with van der Waals surface area (Å²) in [5, 5.41) is 1.87. The van der Waals surface area contributed by atoms with E-state index in [1.807, 2.05) is 50.2 Å². The average Bonchev–Trinajstić information content (AvgIpc) is 2.60. The summed E-state index contributed by atoms with van der Waals surface area (Å²) in [5.41, 5.74) is 0. The third-order valence-corrected chi connectivity index (χ3v) is 4.45. The zero-order valence-electron chi connectivity index (χ0n) is 15.0. The summed E-state index contributed by atoms with van der Waals surface area (Å²) in [5.74, 6) is 2.10. The predicted octanol–water partition coefficient (Wildman–Crippen LogP) is 5.73. The van der Waals surface area contributed by atoms with Gasteiger partial charge in [0.25, 0.3) is 0 Å². The SMILES string of the molecule is C=C(Oc1ccc2c(OC(=O)C(C)CC)cccc2c1)C(C)CC. The molecule has 0 saturated carbocycles. The van der Waals surface area contributed by atoms with Crippen LogP contribution < -0.4 is 9.47 Å². The molecule has 0 spiro atoms. The molecule has 0 radical (unpaired) electrons. The van der Waals surface area contributed by atoms with Gasteiger partial charge in [-0.1, -0.05) is 46.4 Å². The second-order valence-electron chi connectivity index (χ2n) is 6.25. The van der Waals surface area contributed by atoms with E-state index in [1.165, 1.54) is 0 Å². The third-order valence-electron chi connectivity index (χ3n) is 4.45. The van der Waals surface area contributed by atoms with Crippen molar-refractivity contribution in [1.82, 2.24) is 0 Å². The first-order chi connectivity index (χ1) is 11.5. The van der Waals surface area contributed by atoms with Gasteiger partial charge in [0.1, 0.15) is 11.5 Å². The molecule has 0 aliphatic rings. The molecule has 3 nitrogen and oxygen atoms in total. The van der Waals surface area contributed by atoms with Gasteiger partial charge < -0.3 is 9.47 Å².